The Morgan fingerprint density at radius 1 is 1.00 bits per heavy atom. The van der Waals surface area contributed by atoms with Gasteiger partial charge in [0.25, 0.3) is 0 Å². The number of piperidine rings is 2. The molecule has 2 aliphatic rings. The average Bonchev–Trinajstić information content (AvgIpc) is 2.72. The first kappa shape index (κ1) is 19.7. The van der Waals surface area contributed by atoms with E-state index in [9.17, 15) is 9.59 Å². The third kappa shape index (κ3) is 5.47. The van der Waals surface area contributed by atoms with Crippen LogP contribution < -0.4 is 4.74 Å². The van der Waals surface area contributed by atoms with Gasteiger partial charge in [0.05, 0.1) is 6.61 Å². The van der Waals surface area contributed by atoms with Gasteiger partial charge in [0.1, 0.15) is 5.75 Å². The lowest BCUT2D eigenvalue weighted by atomic mass is 9.94. The zero-order chi connectivity index (χ0) is 19.1. The first-order valence-electron chi connectivity index (χ1n) is 10.4. The molecule has 2 amide bonds. The van der Waals surface area contributed by atoms with Gasteiger partial charge < -0.3 is 14.5 Å². The fourth-order valence-corrected chi connectivity index (χ4v) is 4.03. The molecule has 0 atom stereocenters. The van der Waals surface area contributed by atoms with E-state index in [1.54, 1.807) is 0 Å². The van der Waals surface area contributed by atoms with Crippen molar-refractivity contribution in [2.45, 2.75) is 51.9 Å². The molecule has 2 heterocycles. The predicted molar refractivity (Wildman–Crippen MR) is 106 cm³/mol. The second-order valence-corrected chi connectivity index (χ2v) is 7.76. The summed E-state index contributed by atoms with van der Waals surface area (Å²) in [6.07, 6.45) is 6.35. The summed E-state index contributed by atoms with van der Waals surface area (Å²) in [5, 5.41) is 0. The number of amides is 2. The van der Waals surface area contributed by atoms with Crippen molar-refractivity contribution < 1.29 is 14.3 Å². The lowest BCUT2D eigenvalue weighted by Crippen LogP contribution is -2.45. The fraction of sp³-hybridized carbons (Fsp3) is 0.636. The van der Waals surface area contributed by atoms with E-state index in [2.05, 4.69) is 0 Å². The number of rotatable bonds is 6. The van der Waals surface area contributed by atoms with Gasteiger partial charge in [0.15, 0.2) is 0 Å². The van der Waals surface area contributed by atoms with Crippen LogP contribution in [0.1, 0.15) is 50.5 Å². The molecular formula is C22H32N2O3. The minimum absolute atomic E-state index is 0.108. The van der Waals surface area contributed by atoms with Gasteiger partial charge in [-0.15, -0.1) is 0 Å². The number of carbonyl (C=O) groups is 2. The van der Waals surface area contributed by atoms with Gasteiger partial charge in [0, 0.05) is 38.5 Å². The molecule has 0 N–H and O–H groups in total. The number of benzene rings is 1. The average molecular weight is 373 g/mol. The Balaban J connectivity index is 1.34. The van der Waals surface area contributed by atoms with Crippen LogP contribution in [0.3, 0.4) is 0 Å². The summed E-state index contributed by atoms with van der Waals surface area (Å²) in [4.78, 5) is 29.0. The topological polar surface area (TPSA) is 49.9 Å². The molecule has 5 heteroatoms. The van der Waals surface area contributed by atoms with E-state index in [1.165, 1.54) is 6.42 Å². The van der Waals surface area contributed by atoms with Crippen molar-refractivity contribution in [1.29, 1.82) is 0 Å². The first-order valence-corrected chi connectivity index (χ1v) is 10.4. The predicted octanol–water partition coefficient (Wildman–Crippen LogP) is 3.41. The van der Waals surface area contributed by atoms with E-state index in [-0.39, 0.29) is 11.8 Å². The Morgan fingerprint density at radius 2 is 1.70 bits per heavy atom. The SMILES string of the molecule is Cc1ccccc1OCCCC(=O)N1CCC(C(=O)N2CCCCC2)CC1. The number of para-hydroxylation sites is 1. The van der Waals surface area contributed by atoms with E-state index < -0.39 is 0 Å². The zero-order valence-corrected chi connectivity index (χ0v) is 16.5. The molecule has 0 unspecified atom stereocenters. The van der Waals surface area contributed by atoms with Crippen LogP contribution in [0.2, 0.25) is 0 Å². The molecule has 3 rings (SSSR count). The van der Waals surface area contributed by atoms with E-state index in [1.807, 2.05) is 41.0 Å². The van der Waals surface area contributed by atoms with Gasteiger partial charge in [-0.05, 0) is 57.1 Å². The van der Waals surface area contributed by atoms with Crippen LogP contribution in [-0.4, -0.2) is 54.4 Å². The standard InChI is InChI=1S/C22H32N2O3/c1-18-8-3-4-9-20(18)27-17-7-10-21(25)23-15-11-19(12-16-23)22(26)24-13-5-2-6-14-24/h3-4,8-9,19H,2,5-7,10-17H2,1H3. The second kappa shape index (κ2) is 9.77. The van der Waals surface area contributed by atoms with Crippen LogP contribution in [0.4, 0.5) is 0 Å². The van der Waals surface area contributed by atoms with Crippen LogP contribution in [0.5, 0.6) is 5.75 Å². The summed E-state index contributed by atoms with van der Waals surface area (Å²) in [5.41, 5.74) is 1.12. The monoisotopic (exact) mass is 372 g/mol. The molecule has 2 aliphatic heterocycles. The van der Waals surface area contributed by atoms with Gasteiger partial charge in [-0.3, -0.25) is 9.59 Å². The van der Waals surface area contributed by atoms with Crippen LogP contribution in [0.25, 0.3) is 0 Å². The Hall–Kier alpha value is -2.04. The van der Waals surface area contributed by atoms with Crippen LogP contribution in [-0.2, 0) is 9.59 Å². The van der Waals surface area contributed by atoms with Crippen LogP contribution >= 0.6 is 0 Å². The summed E-state index contributed by atoms with van der Waals surface area (Å²) in [6.45, 7) is 5.83. The maximum Gasteiger partial charge on any atom is 0.225 e. The lowest BCUT2D eigenvalue weighted by Gasteiger charge is -2.35. The summed E-state index contributed by atoms with van der Waals surface area (Å²) < 4.78 is 5.77. The highest BCUT2D eigenvalue weighted by molar-refractivity contribution is 5.80. The van der Waals surface area contributed by atoms with Crippen LogP contribution in [0, 0.1) is 12.8 Å². The molecule has 0 radical (unpaired) electrons. The van der Waals surface area contributed by atoms with Crippen LogP contribution in [0.15, 0.2) is 24.3 Å². The van der Waals surface area contributed by atoms with Crippen molar-refractivity contribution in [1.82, 2.24) is 9.80 Å². The molecule has 1 aromatic carbocycles. The molecule has 2 saturated heterocycles. The Kier molecular flexibility index (Phi) is 7.13. The molecule has 0 aromatic heterocycles. The third-order valence-electron chi connectivity index (χ3n) is 5.75. The van der Waals surface area contributed by atoms with E-state index >= 15 is 0 Å². The van der Waals surface area contributed by atoms with Crippen molar-refractivity contribution in [2.24, 2.45) is 5.92 Å². The minimum Gasteiger partial charge on any atom is -0.493 e. The zero-order valence-electron chi connectivity index (χ0n) is 16.5. The highest BCUT2D eigenvalue weighted by Crippen LogP contribution is 2.22. The number of hydrogen-bond donors (Lipinski definition) is 0. The lowest BCUT2D eigenvalue weighted by molar-refractivity contribution is -0.141. The Morgan fingerprint density at radius 3 is 2.41 bits per heavy atom. The molecule has 27 heavy (non-hydrogen) atoms. The summed E-state index contributed by atoms with van der Waals surface area (Å²) in [5.74, 6) is 1.50. The number of aryl methyl sites for hydroxylation is 1. The molecule has 0 saturated carbocycles. The highest BCUT2D eigenvalue weighted by atomic mass is 16.5. The number of ether oxygens (including phenoxy) is 1. The summed E-state index contributed by atoms with van der Waals surface area (Å²) in [6, 6.07) is 7.94. The van der Waals surface area contributed by atoms with Gasteiger partial charge in [-0.25, -0.2) is 0 Å². The van der Waals surface area contributed by atoms with Crippen molar-refractivity contribution in [2.75, 3.05) is 32.8 Å². The highest BCUT2D eigenvalue weighted by Gasteiger charge is 2.30. The van der Waals surface area contributed by atoms with E-state index in [0.29, 0.717) is 32.0 Å². The largest absolute Gasteiger partial charge is 0.493 e. The normalized spacial score (nSPS) is 18.4. The maximum atomic E-state index is 12.6. The summed E-state index contributed by atoms with van der Waals surface area (Å²) >= 11 is 0. The van der Waals surface area contributed by atoms with Crippen molar-refractivity contribution in [3.63, 3.8) is 0 Å². The first-order chi connectivity index (χ1) is 13.1. The van der Waals surface area contributed by atoms with E-state index in [4.69, 9.17) is 4.74 Å². The van der Waals surface area contributed by atoms with Crippen molar-refractivity contribution in [3.05, 3.63) is 29.8 Å². The molecular weight excluding hydrogens is 340 g/mol. The smallest absolute Gasteiger partial charge is 0.225 e. The number of nitrogens with zero attached hydrogens (tertiary/aromatic N) is 2. The fourth-order valence-electron chi connectivity index (χ4n) is 4.03. The second-order valence-electron chi connectivity index (χ2n) is 7.76. The molecule has 1 aromatic rings. The third-order valence-corrected chi connectivity index (χ3v) is 5.75. The van der Waals surface area contributed by atoms with Gasteiger partial charge in [-0.2, -0.15) is 0 Å². The number of carbonyl (C=O) groups excluding carboxylic acids is 2. The molecule has 2 fully saturated rings. The molecule has 5 nitrogen and oxygen atoms in total. The number of likely N-dealkylation sites (tertiary alicyclic amines) is 2. The molecule has 148 valence electrons. The van der Waals surface area contributed by atoms with Crippen molar-refractivity contribution in [3.8, 4) is 5.75 Å². The van der Waals surface area contributed by atoms with Crippen molar-refractivity contribution >= 4 is 11.8 Å². The molecule has 0 bridgehead atoms. The molecule has 0 spiro atoms. The van der Waals surface area contributed by atoms with Gasteiger partial charge in [-0.1, -0.05) is 18.2 Å². The molecule has 0 aliphatic carbocycles. The summed E-state index contributed by atoms with van der Waals surface area (Å²) in [7, 11) is 0. The Labute approximate surface area is 162 Å². The number of hydrogen-bond acceptors (Lipinski definition) is 3. The van der Waals surface area contributed by atoms with Gasteiger partial charge >= 0.3 is 0 Å². The Bertz CT molecular complexity index is 632. The van der Waals surface area contributed by atoms with Gasteiger partial charge in [0.2, 0.25) is 11.8 Å². The minimum atomic E-state index is 0.108. The quantitative estimate of drug-likeness (QED) is 0.719. The van der Waals surface area contributed by atoms with E-state index in [0.717, 1.165) is 56.5 Å². The maximum absolute atomic E-state index is 12.6.